The first-order valence-corrected chi connectivity index (χ1v) is 10.7. The van der Waals surface area contributed by atoms with Gasteiger partial charge in [-0.3, -0.25) is 4.79 Å². The van der Waals surface area contributed by atoms with Crippen LogP contribution in [0.5, 0.6) is 0 Å². The third-order valence-electron chi connectivity index (χ3n) is 3.87. The minimum absolute atomic E-state index is 0.0128. The molecule has 1 aromatic carbocycles. The summed E-state index contributed by atoms with van der Waals surface area (Å²) < 4.78 is 49.7. The SMILES string of the molecule is O=C(NC1CCS(=O)(=O)C1)c1cccc(S(=O)(=O)NC2CC2)c1. The van der Waals surface area contributed by atoms with Gasteiger partial charge in [-0.2, -0.15) is 0 Å². The maximum Gasteiger partial charge on any atom is 0.251 e. The molecular weight excluding hydrogens is 340 g/mol. The topological polar surface area (TPSA) is 109 Å². The Morgan fingerprint density at radius 3 is 2.48 bits per heavy atom. The fourth-order valence-electron chi connectivity index (χ4n) is 2.47. The van der Waals surface area contributed by atoms with Crippen molar-refractivity contribution in [2.24, 2.45) is 0 Å². The number of benzene rings is 1. The van der Waals surface area contributed by atoms with Crippen molar-refractivity contribution < 1.29 is 21.6 Å². The summed E-state index contributed by atoms with van der Waals surface area (Å²) in [6, 6.07) is 5.32. The van der Waals surface area contributed by atoms with Gasteiger partial charge in [0.2, 0.25) is 10.0 Å². The lowest BCUT2D eigenvalue weighted by Crippen LogP contribution is -2.35. The summed E-state index contributed by atoms with van der Waals surface area (Å²) in [5, 5.41) is 2.65. The summed E-state index contributed by atoms with van der Waals surface area (Å²) >= 11 is 0. The molecule has 0 radical (unpaired) electrons. The number of hydrogen-bond donors (Lipinski definition) is 2. The van der Waals surface area contributed by atoms with Gasteiger partial charge in [0.1, 0.15) is 0 Å². The summed E-state index contributed by atoms with van der Waals surface area (Å²) in [7, 11) is -6.71. The van der Waals surface area contributed by atoms with Crippen molar-refractivity contribution in [3.8, 4) is 0 Å². The van der Waals surface area contributed by atoms with Gasteiger partial charge in [0.05, 0.1) is 16.4 Å². The molecule has 2 N–H and O–H groups in total. The van der Waals surface area contributed by atoms with E-state index in [1.54, 1.807) is 0 Å². The number of nitrogens with one attached hydrogen (secondary N) is 2. The number of sulfone groups is 1. The van der Waals surface area contributed by atoms with Gasteiger partial charge in [0.15, 0.2) is 9.84 Å². The molecule has 0 aromatic heterocycles. The fourth-order valence-corrected chi connectivity index (χ4v) is 5.49. The van der Waals surface area contributed by atoms with E-state index in [0.29, 0.717) is 6.42 Å². The van der Waals surface area contributed by atoms with Crippen LogP contribution in [0.1, 0.15) is 29.6 Å². The van der Waals surface area contributed by atoms with Crippen LogP contribution in [0.4, 0.5) is 0 Å². The lowest BCUT2D eigenvalue weighted by Gasteiger charge is -2.12. The molecule has 1 unspecified atom stereocenters. The van der Waals surface area contributed by atoms with Crippen molar-refractivity contribution >= 4 is 25.8 Å². The van der Waals surface area contributed by atoms with Crippen LogP contribution in [-0.4, -0.2) is 46.3 Å². The van der Waals surface area contributed by atoms with E-state index in [2.05, 4.69) is 10.0 Å². The minimum atomic E-state index is -3.62. The average Bonchev–Trinajstić information content (AvgIpc) is 3.21. The molecule has 7 nitrogen and oxygen atoms in total. The summed E-state index contributed by atoms with van der Waals surface area (Å²) in [6.07, 6.45) is 2.04. The predicted molar refractivity (Wildman–Crippen MR) is 84.3 cm³/mol. The van der Waals surface area contributed by atoms with Gasteiger partial charge in [-0.1, -0.05) is 6.07 Å². The molecule has 23 heavy (non-hydrogen) atoms. The van der Waals surface area contributed by atoms with Crippen LogP contribution in [0.25, 0.3) is 0 Å². The first-order valence-electron chi connectivity index (χ1n) is 7.39. The van der Waals surface area contributed by atoms with Crippen LogP contribution in [0.15, 0.2) is 29.2 Å². The highest BCUT2D eigenvalue weighted by atomic mass is 32.2. The van der Waals surface area contributed by atoms with Crippen molar-refractivity contribution in [1.82, 2.24) is 10.0 Å². The average molecular weight is 358 g/mol. The molecule has 1 atom stereocenters. The van der Waals surface area contributed by atoms with Gasteiger partial charge in [0, 0.05) is 17.6 Å². The minimum Gasteiger partial charge on any atom is -0.348 e. The Bertz CT molecular complexity index is 828. The summed E-state index contributed by atoms with van der Waals surface area (Å²) in [5.41, 5.74) is 0.202. The molecule has 2 fully saturated rings. The Hall–Kier alpha value is -1.45. The second-order valence-electron chi connectivity index (χ2n) is 6.00. The van der Waals surface area contributed by atoms with E-state index < -0.39 is 31.8 Å². The monoisotopic (exact) mass is 358 g/mol. The number of carbonyl (C=O) groups excluding carboxylic acids is 1. The van der Waals surface area contributed by atoms with Crippen LogP contribution < -0.4 is 10.0 Å². The molecule has 3 rings (SSSR count). The molecule has 1 aliphatic carbocycles. The first-order chi connectivity index (χ1) is 10.8. The molecule has 1 saturated carbocycles. The smallest absolute Gasteiger partial charge is 0.251 e. The maximum absolute atomic E-state index is 12.2. The highest BCUT2D eigenvalue weighted by Crippen LogP contribution is 2.22. The lowest BCUT2D eigenvalue weighted by molar-refractivity contribution is 0.0941. The Morgan fingerprint density at radius 2 is 1.87 bits per heavy atom. The van der Waals surface area contributed by atoms with Crippen molar-refractivity contribution in [3.63, 3.8) is 0 Å². The normalized spacial score (nSPS) is 23.6. The van der Waals surface area contributed by atoms with Crippen LogP contribution in [0.2, 0.25) is 0 Å². The number of carbonyl (C=O) groups is 1. The number of amides is 1. The van der Waals surface area contributed by atoms with Crippen LogP contribution in [-0.2, 0) is 19.9 Å². The van der Waals surface area contributed by atoms with Gasteiger partial charge in [-0.05, 0) is 37.5 Å². The number of rotatable bonds is 5. The quantitative estimate of drug-likeness (QED) is 0.773. The first kappa shape index (κ1) is 16.4. The largest absolute Gasteiger partial charge is 0.348 e. The van der Waals surface area contributed by atoms with Crippen molar-refractivity contribution in [1.29, 1.82) is 0 Å². The Kier molecular flexibility index (Phi) is 4.19. The van der Waals surface area contributed by atoms with Gasteiger partial charge >= 0.3 is 0 Å². The molecule has 1 heterocycles. The Balaban J connectivity index is 1.73. The molecule has 0 spiro atoms. The van der Waals surface area contributed by atoms with Gasteiger partial charge in [-0.15, -0.1) is 0 Å². The van der Waals surface area contributed by atoms with E-state index in [0.717, 1.165) is 12.8 Å². The highest BCUT2D eigenvalue weighted by Gasteiger charge is 2.30. The summed E-state index contributed by atoms with van der Waals surface area (Å²) in [6.45, 7) is 0. The van der Waals surface area contributed by atoms with E-state index in [1.165, 1.54) is 24.3 Å². The maximum atomic E-state index is 12.2. The molecule has 1 aliphatic heterocycles. The van der Waals surface area contributed by atoms with Crippen molar-refractivity contribution in [3.05, 3.63) is 29.8 Å². The summed E-state index contributed by atoms with van der Waals surface area (Å²) in [4.78, 5) is 12.2. The van der Waals surface area contributed by atoms with E-state index in [4.69, 9.17) is 0 Å². The molecule has 0 bridgehead atoms. The third kappa shape index (κ3) is 4.10. The summed E-state index contributed by atoms with van der Waals surface area (Å²) in [5.74, 6) is -0.465. The van der Waals surface area contributed by atoms with E-state index >= 15 is 0 Å². The third-order valence-corrected chi connectivity index (χ3v) is 7.16. The lowest BCUT2D eigenvalue weighted by atomic mass is 10.2. The standard InChI is InChI=1S/C14H18N2O5S2/c17-14(15-12-6-7-22(18,19)9-12)10-2-1-3-13(8-10)23(20,21)16-11-4-5-11/h1-3,8,11-12,16H,4-7,9H2,(H,15,17). The molecule has 1 aromatic rings. The number of hydrogen-bond acceptors (Lipinski definition) is 5. The second-order valence-corrected chi connectivity index (χ2v) is 9.94. The Labute approximate surface area is 135 Å². The zero-order chi connectivity index (χ0) is 16.7. The zero-order valence-corrected chi connectivity index (χ0v) is 14.0. The zero-order valence-electron chi connectivity index (χ0n) is 12.4. The fraction of sp³-hybridized carbons (Fsp3) is 0.500. The molecule has 9 heteroatoms. The molecule has 1 saturated heterocycles. The Morgan fingerprint density at radius 1 is 1.13 bits per heavy atom. The second kappa shape index (κ2) is 5.88. The van der Waals surface area contributed by atoms with Crippen LogP contribution >= 0.6 is 0 Å². The molecule has 2 aliphatic rings. The number of sulfonamides is 1. The van der Waals surface area contributed by atoms with Gasteiger partial charge in [0.25, 0.3) is 5.91 Å². The van der Waals surface area contributed by atoms with E-state index in [1.807, 2.05) is 0 Å². The molecule has 1 amide bonds. The van der Waals surface area contributed by atoms with E-state index in [-0.39, 0.29) is 28.0 Å². The molecular formula is C14H18N2O5S2. The van der Waals surface area contributed by atoms with Gasteiger partial charge < -0.3 is 5.32 Å². The van der Waals surface area contributed by atoms with Crippen molar-refractivity contribution in [2.45, 2.75) is 36.2 Å². The van der Waals surface area contributed by atoms with E-state index in [9.17, 15) is 21.6 Å². The van der Waals surface area contributed by atoms with Crippen molar-refractivity contribution in [2.75, 3.05) is 11.5 Å². The molecule has 126 valence electrons. The highest BCUT2D eigenvalue weighted by molar-refractivity contribution is 7.91. The van der Waals surface area contributed by atoms with Crippen LogP contribution in [0, 0.1) is 0 Å². The predicted octanol–water partition coefficient (Wildman–Crippen LogP) is 0.0442. The van der Waals surface area contributed by atoms with Gasteiger partial charge in [-0.25, -0.2) is 21.6 Å². The van der Waals surface area contributed by atoms with Crippen LogP contribution in [0.3, 0.4) is 0 Å².